The number of nitrogens with one attached hydrogen (secondary N) is 2. The molecule has 2 N–H and O–H groups in total. The summed E-state index contributed by atoms with van der Waals surface area (Å²) in [4.78, 5) is 49.8. The third-order valence-electron chi connectivity index (χ3n) is 5.28. The summed E-state index contributed by atoms with van der Waals surface area (Å²) in [5.74, 6) is -0.466. The normalized spacial score (nSPS) is 11.3. The third-order valence-corrected chi connectivity index (χ3v) is 5.45. The molecule has 0 bridgehead atoms. The molecule has 0 radical (unpaired) electrons. The summed E-state index contributed by atoms with van der Waals surface area (Å²) in [6.07, 6.45) is 1.55. The van der Waals surface area contributed by atoms with E-state index in [1.165, 1.54) is 11.8 Å². The molecule has 9 nitrogen and oxygen atoms in total. The summed E-state index contributed by atoms with van der Waals surface area (Å²) in [5, 5.41) is 9.17. The number of carbonyl (C=O) groups excluding carboxylic acids is 3. The molecule has 35 heavy (non-hydrogen) atoms. The van der Waals surface area contributed by atoms with E-state index in [0.717, 1.165) is 16.1 Å². The maximum absolute atomic E-state index is 12.8. The van der Waals surface area contributed by atoms with Crippen molar-refractivity contribution >= 4 is 29.4 Å². The zero-order chi connectivity index (χ0) is 25.5. The van der Waals surface area contributed by atoms with Gasteiger partial charge in [0.1, 0.15) is 6.04 Å². The Hall–Kier alpha value is -3.46. The van der Waals surface area contributed by atoms with E-state index >= 15 is 0 Å². The van der Waals surface area contributed by atoms with Gasteiger partial charge in [-0.05, 0) is 30.4 Å². The van der Waals surface area contributed by atoms with Crippen molar-refractivity contribution in [3.8, 4) is 0 Å². The number of rotatable bonds is 14. The van der Waals surface area contributed by atoms with Crippen LogP contribution in [0.4, 0.5) is 4.79 Å². The van der Waals surface area contributed by atoms with Crippen LogP contribution in [0.25, 0.3) is 0 Å². The molecule has 0 spiro atoms. The minimum absolute atomic E-state index is 0.0152. The predicted molar refractivity (Wildman–Crippen MR) is 135 cm³/mol. The number of amides is 4. The van der Waals surface area contributed by atoms with E-state index in [0.29, 0.717) is 38.9 Å². The summed E-state index contributed by atoms with van der Waals surface area (Å²) in [5.41, 5.74) is 1.87. The molecule has 1 atom stereocenters. The second kappa shape index (κ2) is 15.4. The highest BCUT2D eigenvalue weighted by molar-refractivity contribution is 6.18. The summed E-state index contributed by atoms with van der Waals surface area (Å²) in [6, 6.07) is 17.7. The van der Waals surface area contributed by atoms with E-state index in [1.54, 1.807) is 0 Å². The molecule has 0 aliphatic carbocycles. The lowest BCUT2D eigenvalue weighted by atomic mass is 10.1. The van der Waals surface area contributed by atoms with Crippen LogP contribution in [0.3, 0.4) is 0 Å². The maximum Gasteiger partial charge on any atom is 0.343 e. The summed E-state index contributed by atoms with van der Waals surface area (Å²) in [7, 11) is 0. The van der Waals surface area contributed by atoms with Gasteiger partial charge in [-0.1, -0.05) is 60.7 Å². The molecule has 2 aromatic rings. The highest BCUT2D eigenvalue weighted by atomic mass is 35.5. The highest BCUT2D eigenvalue weighted by Gasteiger charge is 2.23. The molecule has 4 amide bonds. The summed E-state index contributed by atoms with van der Waals surface area (Å²) in [6.45, 7) is 2.41. The molecule has 0 aromatic heterocycles. The molecule has 0 aliphatic rings. The molecule has 0 aliphatic heterocycles. The van der Waals surface area contributed by atoms with Crippen LogP contribution in [-0.4, -0.2) is 52.8 Å². The first kappa shape index (κ1) is 27.8. The molecule has 0 saturated heterocycles. The molecule has 2 rings (SSSR count). The fourth-order valence-electron chi connectivity index (χ4n) is 3.53. The van der Waals surface area contributed by atoms with Gasteiger partial charge in [-0.3, -0.25) is 9.59 Å². The zero-order valence-corrected chi connectivity index (χ0v) is 20.6. The number of hydrogen-bond acceptors (Lipinski definition) is 5. The minimum Gasteiger partial charge on any atom is -0.350 e. The van der Waals surface area contributed by atoms with Gasteiger partial charge in [0.05, 0.1) is 11.8 Å². The van der Waals surface area contributed by atoms with Crippen molar-refractivity contribution in [1.29, 1.82) is 0 Å². The topological polar surface area (TPSA) is 111 Å². The van der Waals surface area contributed by atoms with Gasteiger partial charge in [-0.25, -0.2) is 4.79 Å². The van der Waals surface area contributed by atoms with Gasteiger partial charge in [0, 0.05) is 32.4 Å². The molecule has 0 heterocycles. The fraction of sp³-hybridized carbons (Fsp3) is 0.400. The van der Waals surface area contributed by atoms with Crippen molar-refractivity contribution in [1.82, 2.24) is 20.5 Å². The Bertz CT molecular complexity index is 945. The second-order valence-electron chi connectivity index (χ2n) is 8.04. The fourth-order valence-corrected chi connectivity index (χ4v) is 3.69. The average molecular weight is 502 g/mol. The number of halogens is 1. The van der Waals surface area contributed by atoms with Crippen LogP contribution in [-0.2, 0) is 22.7 Å². The third kappa shape index (κ3) is 10.1. The number of hydrogen-bond donors (Lipinski definition) is 2. The minimum atomic E-state index is -0.682. The van der Waals surface area contributed by atoms with Gasteiger partial charge in [0.15, 0.2) is 0 Å². The van der Waals surface area contributed by atoms with Crippen molar-refractivity contribution in [2.45, 2.75) is 45.3 Å². The maximum atomic E-state index is 12.8. The van der Waals surface area contributed by atoms with Gasteiger partial charge < -0.3 is 15.5 Å². The van der Waals surface area contributed by atoms with Crippen molar-refractivity contribution in [2.75, 3.05) is 19.0 Å². The molecular formula is C25H32ClN5O4. The Morgan fingerprint density at radius 2 is 1.57 bits per heavy atom. The number of carbonyl (C=O) groups is 3. The van der Waals surface area contributed by atoms with Crippen LogP contribution in [0.15, 0.2) is 65.9 Å². The van der Waals surface area contributed by atoms with E-state index in [4.69, 9.17) is 11.6 Å². The van der Waals surface area contributed by atoms with E-state index in [2.05, 4.69) is 15.9 Å². The first-order valence-electron chi connectivity index (χ1n) is 11.5. The summed E-state index contributed by atoms with van der Waals surface area (Å²) < 4.78 is 0. The number of benzene rings is 2. The van der Waals surface area contributed by atoms with E-state index in [9.17, 15) is 19.3 Å². The first-order chi connectivity index (χ1) is 16.9. The average Bonchev–Trinajstić information content (AvgIpc) is 2.87. The van der Waals surface area contributed by atoms with Crippen LogP contribution in [0, 0.1) is 4.91 Å². The summed E-state index contributed by atoms with van der Waals surface area (Å²) >= 11 is 5.70. The SMILES string of the molecule is CC(=O)NC(CCCCN(Cc1ccccc1)C(=O)N(CCCl)N=O)C(=O)NCc1ccccc1. The van der Waals surface area contributed by atoms with Crippen molar-refractivity contribution < 1.29 is 14.4 Å². The Kier molecular flexibility index (Phi) is 12.3. The van der Waals surface area contributed by atoms with Crippen molar-refractivity contribution in [3.05, 3.63) is 76.7 Å². The Morgan fingerprint density at radius 1 is 0.943 bits per heavy atom. The molecule has 10 heteroatoms. The smallest absolute Gasteiger partial charge is 0.343 e. The number of alkyl halides is 1. The molecule has 0 saturated carbocycles. The monoisotopic (exact) mass is 501 g/mol. The number of urea groups is 1. The lowest BCUT2D eigenvalue weighted by Gasteiger charge is -2.26. The van der Waals surface area contributed by atoms with Crippen molar-refractivity contribution in [2.24, 2.45) is 5.29 Å². The first-order valence-corrected chi connectivity index (χ1v) is 12.1. The van der Waals surface area contributed by atoms with Gasteiger partial charge >= 0.3 is 6.03 Å². The lowest BCUT2D eigenvalue weighted by molar-refractivity contribution is -0.128. The Morgan fingerprint density at radius 3 is 2.14 bits per heavy atom. The quantitative estimate of drug-likeness (QED) is 0.177. The van der Waals surface area contributed by atoms with Crippen molar-refractivity contribution in [3.63, 3.8) is 0 Å². The molecule has 2 aromatic carbocycles. The molecule has 188 valence electrons. The van der Waals surface area contributed by atoms with Gasteiger partial charge in [0.2, 0.25) is 11.8 Å². The van der Waals surface area contributed by atoms with Crippen LogP contribution in [0.1, 0.15) is 37.3 Å². The van der Waals surface area contributed by atoms with E-state index in [-0.39, 0.29) is 24.2 Å². The van der Waals surface area contributed by atoms with Gasteiger partial charge in [0.25, 0.3) is 0 Å². The number of nitrogens with zero attached hydrogens (tertiary/aromatic N) is 3. The Balaban J connectivity index is 1.95. The number of unbranched alkanes of at least 4 members (excludes halogenated alkanes) is 1. The van der Waals surface area contributed by atoms with Gasteiger partial charge in [-0.15, -0.1) is 16.5 Å². The highest BCUT2D eigenvalue weighted by Crippen LogP contribution is 2.12. The van der Waals surface area contributed by atoms with Gasteiger partial charge in [-0.2, -0.15) is 5.01 Å². The zero-order valence-electron chi connectivity index (χ0n) is 19.9. The van der Waals surface area contributed by atoms with Crippen LogP contribution in [0.5, 0.6) is 0 Å². The largest absolute Gasteiger partial charge is 0.350 e. The standard InChI is InChI=1S/C25H32ClN5O4/c1-20(32)28-23(24(33)27-18-21-10-4-2-5-11-21)14-8-9-16-30(19-22-12-6-3-7-13-22)25(34)31(29-35)17-15-26/h2-7,10-13,23H,8-9,14-19H2,1H3,(H,27,33)(H,28,32). The van der Waals surface area contributed by atoms with E-state index < -0.39 is 12.1 Å². The van der Waals surface area contributed by atoms with Crippen LogP contribution in [0.2, 0.25) is 0 Å². The Labute approximate surface area is 210 Å². The molecule has 1 unspecified atom stereocenters. The predicted octanol–water partition coefficient (Wildman–Crippen LogP) is 3.82. The molecular weight excluding hydrogens is 470 g/mol. The molecule has 0 fully saturated rings. The lowest BCUT2D eigenvalue weighted by Crippen LogP contribution is -2.46. The number of nitroso groups, excluding NO2 is 1. The van der Waals surface area contributed by atoms with Crippen LogP contribution >= 0.6 is 11.6 Å². The van der Waals surface area contributed by atoms with Crippen LogP contribution < -0.4 is 10.6 Å². The second-order valence-corrected chi connectivity index (χ2v) is 8.41. The van der Waals surface area contributed by atoms with E-state index in [1.807, 2.05) is 60.7 Å².